The first kappa shape index (κ1) is 19.2. The number of piperidine rings is 1. The quantitative estimate of drug-likeness (QED) is 0.883. The molecule has 1 heterocycles. The minimum absolute atomic E-state index is 0. The first-order valence-corrected chi connectivity index (χ1v) is 7.94. The van der Waals surface area contributed by atoms with Crippen molar-refractivity contribution in [2.75, 3.05) is 19.6 Å². The fourth-order valence-corrected chi connectivity index (χ4v) is 3.05. The highest BCUT2D eigenvalue weighted by Crippen LogP contribution is 2.21. The van der Waals surface area contributed by atoms with Crippen LogP contribution < -0.4 is 5.32 Å². The highest BCUT2D eigenvalue weighted by atomic mass is 35.5. The summed E-state index contributed by atoms with van der Waals surface area (Å²) in [4.78, 5) is 14.5. The van der Waals surface area contributed by atoms with Gasteiger partial charge in [0.2, 0.25) is 5.91 Å². The second-order valence-electron chi connectivity index (χ2n) is 5.45. The van der Waals surface area contributed by atoms with Gasteiger partial charge in [0, 0.05) is 23.2 Å². The van der Waals surface area contributed by atoms with E-state index in [2.05, 4.69) is 12.2 Å². The molecule has 6 heteroatoms. The van der Waals surface area contributed by atoms with E-state index in [-0.39, 0.29) is 30.8 Å². The fraction of sp³-hybridized carbons (Fsp3) is 0.562. The molecule has 0 unspecified atom stereocenters. The summed E-state index contributed by atoms with van der Waals surface area (Å²) in [5.41, 5.74) is 0.305. The number of rotatable bonds is 5. The minimum Gasteiger partial charge on any atom is -0.339 e. The van der Waals surface area contributed by atoms with Gasteiger partial charge in [0.15, 0.2) is 0 Å². The van der Waals surface area contributed by atoms with Gasteiger partial charge in [-0.05, 0) is 44.5 Å². The summed E-state index contributed by atoms with van der Waals surface area (Å²) < 4.78 is 13.8. The van der Waals surface area contributed by atoms with Gasteiger partial charge in [-0.25, -0.2) is 4.39 Å². The fourth-order valence-electron chi connectivity index (χ4n) is 2.82. The second-order valence-corrected chi connectivity index (χ2v) is 5.85. The molecule has 0 aromatic heterocycles. The zero-order valence-electron chi connectivity index (χ0n) is 12.8. The molecule has 0 radical (unpaired) electrons. The Kier molecular flexibility index (Phi) is 8.15. The van der Waals surface area contributed by atoms with Gasteiger partial charge in [0.1, 0.15) is 5.82 Å². The van der Waals surface area contributed by atoms with Crippen molar-refractivity contribution in [3.8, 4) is 0 Å². The predicted molar refractivity (Wildman–Crippen MR) is 90.3 cm³/mol. The topological polar surface area (TPSA) is 32.3 Å². The zero-order chi connectivity index (χ0) is 15.2. The van der Waals surface area contributed by atoms with E-state index < -0.39 is 5.82 Å². The van der Waals surface area contributed by atoms with Gasteiger partial charge in [0.25, 0.3) is 0 Å². The van der Waals surface area contributed by atoms with Gasteiger partial charge in [-0.2, -0.15) is 0 Å². The highest BCUT2D eigenvalue weighted by molar-refractivity contribution is 6.31. The summed E-state index contributed by atoms with van der Waals surface area (Å²) >= 11 is 6.02. The molecule has 22 heavy (non-hydrogen) atoms. The average molecular weight is 349 g/mol. The van der Waals surface area contributed by atoms with Crippen molar-refractivity contribution in [1.82, 2.24) is 10.2 Å². The molecule has 0 bridgehead atoms. The Labute approximate surface area is 142 Å². The van der Waals surface area contributed by atoms with E-state index in [0.29, 0.717) is 10.6 Å². The molecule has 3 nitrogen and oxygen atoms in total. The SMILES string of the molecule is CCCN(C(=O)Cc1c(F)cccc1Cl)C1CCNCC1.Cl. The number of hydrogen-bond acceptors (Lipinski definition) is 2. The largest absolute Gasteiger partial charge is 0.339 e. The Bertz CT molecular complexity index is 473. The molecular weight excluding hydrogens is 326 g/mol. The maximum absolute atomic E-state index is 13.8. The van der Waals surface area contributed by atoms with Gasteiger partial charge in [-0.1, -0.05) is 24.6 Å². The van der Waals surface area contributed by atoms with Crippen LogP contribution in [0, 0.1) is 5.82 Å². The van der Waals surface area contributed by atoms with Crippen molar-refractivity contribution in [2.45, 2.75) is 38.6 Å². The lowest BCUT2D eigenvalue weighted by molar-refractivity contribution is -0.133. The molecule has 0 spiro atoms. The molecule has 0 atom stereocenters. The van der Waals surface area contributed by atoms with E-state index >= 15 is 0 Å². The van der Waals surface area contributed by atoms with Gasteiger partial charge in [-0.15, -0.1) is 12.4 Å². The van der Waals surface area contributed by atoms with Gasteiger partial charge in [0.05, 0.1) is 6.42 Å². The van der Waals surface area contributed by atoms with E-state index in [9.17, 15) is 9.18 Å². The van der Waals surface area contributed by atoms with E-state index in [1.807, 2.05) is 4.90 Å². The lowest BCUT2D eigenvalue weighted by Gasteiger charge is -2.34. The summed E-state index contributed by atoms with van der Waals surface area (Å²) in [7, 11) is 0. The molecule has 124 valence electrons. The third kappa shape index (κ3) is 4.83. The Morgan fingerprint density at radius 3 is 2.68 bits per heavy atom. The van der Waals surface area contributed by atoms with Crippen LogP contribution in [0.15, 0.2) is 18.2 Å². The van der Waals surface area contributed by atoms with Crippen LogP contribution in [-0.4, -0.2) is 36.5 Å². The summed E-state index contributed by atoms with van der Waals surface area (Å²) in [5.74, 6) is -0.437. The summed E-state index contributed by atoms with van der Waals surface area (Å²) in [6, 6.07) is 4.79. The molecule has 1 fully saturated rings. The van der Waals surface area contributed by atoms with E-state index in [1.54, 1.807) is 12.1 Å². The Hall–Kier alpha value is -0.840. The van der Waals surface area contributed by atoms with E-state index in [0.717, 1.165) is 38.9 Å². The molecule has 1 saturated heterocycles. The van der Waals surface area contributed by atoms with Crippen LogP contribution >= 0.6 is 24.0 Å². The van der Waals surface area contributed by atoms with E-state index in [1.165, 1.54) is 6.07 Å². The van der Waals surface area contributed by atoms with Crippen LogP contribution in [0.1, 0.15) is 31.7 Å². The van der Waals surface area contributed by atoms with E-state index in [4.69, 9.17) is 11.6 Å². The standard InChI is InChI=1S/C16H22ClFN2O.ClH/c1-2-10-20(12-6-8-19-9-7-12)16(21)11-13-14(17)4-3-5-15(13)18;/h3-5,12,19H,2,6-11H2,1H3;1H. The Morgan fingerprint density at radius 1 is 1.41 bits per heavy atom. The third-order valence-electron chi connectivity index (χ3n) is 3.92. The van der Waals surface area contributed by atoms with Crippen LogP contribution in [0.25, 0.3) is 0 Å². The monoisotopic (exact) mass is 348 g/mol. The lowest BCUT2D eigenvalue weighted by atomic mass is 10.0. The minimum atomic E-state index is -0.405. The molecule has 1 aromatic carbocycles. The zero-order valence-corrected chi connectivity index (χ0v) is 14.4. The van der Waals surface area contributed by atoms with Crippen LogP contribution in [0.2, 0.25) is 5.02 Å². The number of nitrogens with one attached hydrogen (secondary N) is 1. The predicted octanol–water partition coefficient (Wildman–Crippen LogP) is 3.43. The number of benzene rings is 1. The summed E-state index contributed by atoms with van der Waals surface area (Å²) in [6.07, 6.45) is 2.85. The molecule has 1 aliphatic rings. The maximum Gasteiger partial charge on any atom is 0.227 e. The second kappa shape index (κ2) is 9.33. The first-order chi connectivity index (χ1) is 10.1. The molecule has 1 amide bonds. The smallest absolute Gasteiger partial charge is 0.227 e. The number of amides is 1. The maximum atomic E-state index is 13.8. The van der Waals surface area contributed by atoms with Crippen molar-refractivity contribution < 1.29 is 9.18 Å². The molecule has 0 aliphatic carbocycles. The van der Waals surface area contributed by atoms with Gasteiger partial charge >= 0.3 is 0 Å². The highest BCUT2D eigenvalue weighted by Gasteiger charge is 2.25. The molecule has 1 aliphatic heterocycles. The number of hydrogen-bond donors (Lipinski definition) is 1. The lowest BCUT2D eigenvalue weighted by Crippen LogP contribution is -2.47. The number of halogens is 3. The summed E-state index contributed by atoms with van der Waals surface area (Å²) in [6.45, 7) is 4.63. The molecule has 2 rings (SSSR count). The van der Waals surface area contributed by atoms with Crippen LogP contribution in [0.5, 0.6) is 0 Å². The third-order valence-corrected chi connectivity index (χ3v) is 4.28. The molecular formula is C16H23Cl2FN2O. The first-order valence-electron chi connectivity index (χ1n) is 7.56. The number of carbonyl (C=O) groups excluding carboxylic acids is 1. The summed E-state index contributed by atoms with van der Waals surface area (Å²) in [5, 5.41) is 3.62. The van der Waals surface area contributed by atoms with Crippen molar-refractivity contribution in [3.63, 3.8) is 0 Å². The van der Waals surface area contributed by atoms with Crippen LogP contribution in [0.3, 0.4) is 0 Å². The Balaban J connectivity index is 0.00000242. The molecule has 1 aromatic rings. The Morgan fingerprint density at radius 2 is 2.09 bits per heavy atom. The number of nitrogens with zero attached hydrogens (tertiary/aromatic N) is 1. The average Bonchev–Trinajstić information content (AvgIpc) is 2.49. The van der Waals surface area contributed by atoms with Crippen LogP contribution in [0.4, 0.5) is 4.39 Å². The molecule has 1 N–H and O–H groups in total. The van der Waals surface area contributed by atoms with Crippen molar-refractivity contribution in [2.24, 2.45) is 0 Å². The van der Waals surface area contributed by atoms with Gasteiger partial charge in [-0.3, -0.25) is 4.79 Å². The molecule has 0 saturated carbocycles. The van der Waals surface area contributed by atoms with Gasteiger partial charge < -0.3 is 10.2 Å². The number of carbonyl (C=O) groups is 1. The van der Waals surface area contributed by atoms with Crippen LogP contribution in [-0.2, 0) is 11.2 Å². The van der Waals surface area contributed by atoms with Crippen molar-refractivity contribution in [1.29, 1.82) is 0 Å². The van der Waals surface area contributed by atoms with Crippen molar-refractivity contribution in [3.05, 3.63) is 34.6 Å². The van der Waals surface area contributed by atoms with Crippen molar-refractivity contribution >= 4 is 29.9 Å². The normalized spacial score (nSPS) is 15.2.